The van der Waals surface area contributed by atoms with Crippen molar-refractivity contribution in [1.82, 2.24) is 15.0 Å². The Bertz CT molecular complexity index is 1090. The van der Waals surface area contributed by atoms with Crippen molar-refractivity contribution in [3.05, 3.63) is 41.3 Å². The maximum atomic E-state index is 11.7. The Morgan fingerprint density at radius 1 is 1.29 bits per heavy atom. The molecule has 3 saturated heterocycles. The van der Waals surface area contributed by atoms with Crippen LogP contribution in [0.4, 0.5) is 0 Å². The molecule has 2 bridgehead atoms. The average molecular weight is 422 g/mol. The molecule has 164 valence electrons. The van der Waals surface area contributed by atoms with Crippen LogP contribution in [0.1, 0.15) is 49.3 Å². The Kier molecular flexibility index (Phi) is 5.22. The number of benzene rings is 1. The lowest BCUT2D eigenvalue weighted by molar-refractivity contribution is -0.0562. The molecule has 0 radical (unpaired) electrons. The van der Waals surface area contributed by atoms with Crippen LogP contribution in [0.2, 0.25) is 0 Å². The van der Waals surface area contributed by atoms with Gasteiger partial charge in [0.2, 0.25) is 0 Å². The lowest BCUT2D eigenvalue weighted by atomic mass is 9.72. The number of hydrogen-bond donors (Lipinski definition) is 1. The van der Waals surface area contributed by atoms with Gasteiger partial charge in [-0.25, -0.2) is 4.98 Å². The Hall–Kier alpha value is -2.44. The number of aromatic nitrogens is 2. The number of hydrogen-bond acceptors (Lipinski definition) is 6. The Morgan fingerprint density at radius 2 is 2.13 bits per heavy atom. The van der Waals surface area contributed by atoms with Crippen molar-refractivity contribution in [2.24, 2.45) is 11.8 Å². The minimum absolute atomic E-state index is 0.135. The summed E-state index contributed by atoms with van der Waals surface area (Å²) < 4.78 is 10.9. The van der Waals surface area contributed by atoms with Crippen LogP contribution in [0, 0.1) is 25.7 Å². The van der Waals surface area contributed by atoms with Crippen LogP contribution in [0.5, 0.6) is 5.75 Å². The second kappa shape index (κ2) is 7.92. The summed E-state index contributed by atoms with van der Waals surface area (Å²) in [6, 6.07) is 8.03. The van der Waals surface area contributed by atoms with Gasteiger partial charge in [-0.3, -0.25) is 4.90 Å². The molecule has 5 heterocycles. The molecular formula is C25H31N3O3. The Labute approximate surface area is 183 Å². The normalized spacial score (nSPS) is 26.4. The molecule has 3 aromatic rings. The maximum Gasteiger partial charge on any atom is 0.143 e. The molecule has 0 amide bonds. The van der Waals surface area contributed by atoms with Crippen molar-refractivity contribution < 1.29 is 14.4 Å². The van der Waals surface area contributed by atoms with Crippen LogP contribution in [0.25, 0.3) is 22.2 Å². The van der Waals surface area contributed by atoms with E-state index in [4.69, 9.17) is 14.2 Å². The van der Waals surface area contributed by atoms with Gasteiger partial charge in [-0.15, -0.1) is 0 Å². The summed E-state index contributed by atoms with van der Waals surface area (Å²) in [4.78, 5) is 7.40. The summed E-state index contributed by atoms with van der Waals surface area (Å²) in [6.07, 6.45) is 2.93. The zero-order valence-electron chi connectivity index (χ0n) is 18.8. The molecule has 1 unspecified atom stereocenters. The van der Waals surface area contributed by atoms with E-state index < -0.39 is 6.10 Å². The van der Waals surface area contributed by atoms with Gasteiger partial charge in [-0.05, 0) is 74.9 Å². The molecule has 0 spiro atoms. The van der Waals surface area contributed by atoms with Crippen LogP contribution >= 0.6 is 0 Å². The molecule has 1 aromatic carbocycles. The van der Waals surface area contributed by atoms with Crippen molar-refractivity contribution in [3.8, 4) is 17.0 Å². The maximum absolute atomic E-state index is 11.7. The van der Waals surface area contributed by atoms with Crippen LogP contribution < -0.4 is 4.74 Å². The van der Waals surface area contributed by atoms with E-state index in [1.807, 2.05) is 38.1 Å². The minimum atomic E-state index is -0.586. The van der Waals surface area contributed by atoms with Crippen molar-refractivity contribution >= 4 is 10.9 Å². The summed E-state index contributed by atoms with van der Waals surface area (Å²) in [6.45, 7) is 8.29. The van der Waals surface area contributed by atoms with Crippen LogP contribution in [0.3, 0.4) is 0 Å². The molecular weight excluding hydrogens is 390 g/mol. The zero-order valence-corrected chi connectivity index (χ0v) is 18.8. The van der Waals surface area contributed by atoms with Gasteiger partial charge in [-0.2, -0.15) is 0 Å². The molecule has 6 rings (SSSR count). The lowest BCUT2D eigenvalue weighted by Crippen LogP contribution is -2.55. The van der Waals surface area contributed by atoms with E-state index in [-0.39, 0.29) is 6.04 Å². The van der Waals surface area contributed by atoms with E-state index in [0.717, 1.165) is 70.4 Å². The van der Waals surface area contributed by atoms with E-state index in [2.05, 4.69) is 17.0 Å². The quantitative estimate of drug-likeness (QED) is 0.646. The van der Waals surface area contributed by atoms with E-state index in [1.165, 1.54) is 12.8 Å². The smallest absolute Gasteiger partial charge is 0.143 e. The highest BCUT2D eigenvalue weighted by molar-refractivity contribution is 5.87. The van der Waals surface area contributed by atoms with Crippen LogP contribution in [-0.2, 0) is 0 Å². The monoisotopic (exact) mass is 421 g/mol. The largest absolute Gasteiger partial charge is 0.497 e. The highest BCUT2D eigenvalue weighted by atomic mass is 16.5. The van der Waals surface area contributed by atoms with Gasteiger partial charge in [0.25, 0.3) is 0 Å². The van der Waals surface area contributed by atoms with E-state index in [9.17, 15) is 5.11 Å². The number of methoxy groups -OCH3 is 1. The molecule has 6 heteroatoms. The average Bonchev–Trinajstić information content (AvgIpc) is 3.15. The Morgan fingerprint density at radius 3 is 2.77 bits per heavy atom. The van der Waals surface area contributed by atoms with Crippen molar-refractivity contribution in [1.29, 1.82) is 0 Å². The summed E-state index contributed by atoms with van der Waals surface area (Å²) in [5.74, 6) is 2.97. The van der Waals surface area contributed by atoms with E-state index >= 15 is 0 Å². The van der Waals surface area contributed by atoms with Gasteiger partial charge in [0, 0.05) is 18.0 Å². The number of nitrogens with zero attached hydrogens (tertiary/aromatic N) is 3. The van der Waals surface area contributed by atoms with Crippen LogP contribution in [-0.4, -0.2) is 46.4 Å². The first-order valence-electron chi connectivity index (χ1n) is 11.3. The third-order valence-corrected chi connectivity index (χ3v) is 7.48. The van der Waals surface area contributed by atoms with E-state index in [0.29, 0.717) is 5.92 Å². The fourth-order valence-electron chi connectivity index (χ4n) is 5.76. The number of ether oxygens (including phenoxy) is 1. The van der Waals surface area contributed by atoms with Gasteiger partial charge in [-0.1, -0.05) is 18.5 Å². The first kappa shape index (κ1) is 20.5. The number of fused-ring (bicyclic) bond motifs is 4. The van der Waals surface area contributed by atoms with Crippen molar-refractivity contribution in [3.63, 3.8) is 0 Å². The Balaban J connectivity index is 1.62. The van der Waals surface area contributed by atoms with Gasteiger partial charge < -0.3 is 14.4 Å². The number of aryl methyl sites for hydroxylation is 2. The third-order valence-electron chi connectivity index (χ3n) is 7.48. The highest BCUT2D eigenvalue weighted by Crippen LogP contribution is 2.43. The fraction of sp³-hybridized carbons (Fsp3) is 0.520. The zero-order chi connectivity index (χ0) is 21.7. The fourth-order valence-corrected chi connectivity index (χ4v) is 5.76. The topological polar surface area (TPSA) is 71.6 Å². The van der Waals surface area contributed by atoms with Gasteiger partial charge >= 0.3 is 0 Å². The molecule has 3 aliphatic heterocycles. The molecule has 5 atom stereocenters. The molecule has 31 heavy (non-hydrogen) atoms. The predicted octanol–water partition coefficient (Wildman–Crippen LogP) is 4.67. The summed E-state index contributed by atoms with van der Waals surface area (Å²) in [5.41, 5.74) is 4.26. The lowest BCUT2D eigenvalue weighted by Gasteiger charge is -2.51. The standard InChI is InChI=1S/C25H31N3O3/c1-5-16-13-28-9-8-17(16)10-23(28)25(29)20-12-22(24-14(2)27-31-15(24)3)26-21-7-6-18(30-4)11-19(20)21/h6-7,11-12,16-17,23,25,29H,5,8-10,13H2,1-4H3/t16-,17-,23-,25+/m0/s1. The van der Waals surface area contributed by atoms with Gasteiger partial charge in [0.1, 0.15) is 11.5 Å². The number of aliphatic hydroxyl groups is 1. The minimum Gasteiger partial charge on any atom is -0.497 e. The van der Waals surface area contributed by atoms with Gasteiger partial charge in [0.15, 0.2) is 0 Å². The SMILES string of the molecule is CC[C@H]1CN2CC[C@H]1C[C@H]2[C@H](O)c1cc(-c2c(C)noc2C)nc2ccc(OC)cc12. The summed E-state index contributed by atoms with van der Waals surface area (Å²) >= 11 is 0. The van der Waals surface area contributed by atoms with Crippen LogP contribution in [0.15, 0.2) is 28.8 Å². The molecule has 3 fully saturated rings. The third kappa shape index (κ3) is 3.42. The molecule has 0 saturated carbocycles. The van der Waals surface area contributed by atoms with E-state index in [1.54, 1.807) is 7.11 Å². The number of pyridine rings is 1. The first-order chi connectivity index (χ1) is 15.0. The predicted molar refractivity (Wildman–Crippen MR) is 120 cm³/mol. The number of rotatable bonds is 5. The van der Waals surface area contributed by atoms with Gasteiger partial charge in [0.05, 0.1) is 35.7 Å². The summed E-state index contributed by atoms with van der Waals surface area (Å²) in [7, 11) is 1.67. The second-order valence-corrected chi connectivity index (χ2v) is 9.14. The number of piperidine rings is 3. The first-order valence-corrected chi connectivity index (χ1v) is 11.3. The number of aliphatic hydroxyl groups excluding tert-OH is 1. The molecule has 1 N–H and O–H groups in total. The molecule has 6 nitrogen and oxygen atoms in total. The molecule has 2 aromatic heterocycles. The highest BCUT2D eigenvalue weighted by Gasteiger charge is 2.42. The molecule has 0 aliphatic carbocycles. The molecule has 3 aliphatic rings. The second-order valence-electron chi connectivity index (χ2n) is 9.14. The summed E-state index contributed by atoms with van der Waals surface area (Å²) in [5, 5.41) is 16.7. The van der Waals surface area contributed by atoms with Crippen molar-refractivity contribution in [2.45, 2.75) is 52.2 Å². The van der Waals surface area contributed by atoms with Crippen molar-refractivity contribution in [2.75, 3.05) is 20.2 Å².